The van der Waals surface area contributed by atoms with E-state index in [1.165, 1.54) is 0 Å². The van der Waals surface area contributed by atoms with Crippen molar-refractivity contribution >= 4 is 25.2 Å². The summed E-state index contributed by atoms with van der Waals surface area (Å²) in [6, 6.07) is 7.92. The lowest BCUT2D eigenvalue weighted by Gasteiger charge is -2.38. The number of carbonyl (C=O) groups is 1. The van der Waals surface area contributed by atoms with Crippen LogP contribution in [0.1, 0.15) is 26.3 Å². The van der Waals surface area contributed by atoms with Gasteiger partial charge in [0.1, 0.15) is 6.10 Å². The SMILES string of the molecule is CC(C)(C)[Si](C)(C)O[C@@H](Cc1c[nH]c2ccccc12)C(=O)O. The van der Waals surface area contributed by atoms with Crippen molar-refractivity contribution in [3.05, 3.63) is 36.0 Å². The second kappa shape index (κ2) is 5.89. The zero-order chi connectivity index (χ0) is 16.5. The number of nitrogens with one attached hydrogen (secondary N) is 1. The van der Waals surface area contributed by atoms with Crippen molar-refractivity contribution in [1.29, 1.82) is 0 Å². The molecule has 0 aliphatic heterocycles. The van der Waals surface area contributed by atoms with Gasteiger partial charge in [0.2, 0.25) is 0 Å². The largest absolute Gasteiger partial charge is 0.479 e. The first-order valence-corrected chi connectivity index (χ1v) is 10.5. The summed E-state index contributed by atoms with van der Waals surface area (Å²) in [7, 11) is -2.12. The molecule has 22 heavy (non-hydrogen) atoms. The molecular formula is C17H25NO3Si. The molecule has 1 aromatic heterocycles. The van der Waals surface area contributed by atoms with E-state index in [0.29, 0.717) is 6.42 Å². The van der Waals surface area contributed by atoms with E-state index in [0.717, 1.165) is 16.5 Å². The van der Waals surface area contributed by atoms with Crippen molar-refractivity contribution in [3.63, 3.8) is 0 Å². The number of benzene rings is 1. The normalized spacial score (nSPS) is 14.2. The van der Waals surface area contributed by atoms with Crippen LogP contribution in [-0.4, -0.2) is 30.5 Å². The van der Waals surface area contributed by atoms with E-state index in [1.54, 1.807) is 0 Å². The molecule has 0 radical (unpaired) electrons. The maximum atomic E-state index is 11.7. The van der Waals surface area contributed by atoms with Crippen LogP contribution in [0.4, 0.5) is 0 Å². The van der Waals surface area contributed by atoms with E-state index >= 15 is 0 Å². The van der Waals surface area contributed by atoms with Gasteiger partial charge < -0.3 is 14.5 Å². The van der Waals surface area contributed by atoms with Crippen LogP contribution < -0.4 is 0 Å². The molecule has 2 rings (SSSR count). The quantitative estimate of drug-likeness (QED) is 0.812. The van der Waals surface area contributed by atoms with E-state index in [2.05, 4.69) is 38.8 Å². The minimum absolute atomic E-state index is 0.0130. The molecule has 5 heteroatoms. The van der Waals surface area contributed by atoms with Gasteiger partial charge in [-0.05, 0) is 29.8 Å². The van der Waals surface area contributed by atoms with Gasteiger partial charge in [0, 0.05) is 23.5 Å². The fourth-order valence-electron chi connectivity index (χ4n) is 2.21. The van der Waals surface area contributed by atoms with Gasteiger partial charge in [0.15, 0.2) is 8.32 Å². The van der Waals surface area contributed by atoms with Gasteiger partial charge in [-0.2, -0.15) is 0 Å². The van der Waals surface area contributed by atoms with E-state index in [1.807, 2.05) is 30.5 Å². The highest BCUT2D eigenvalue weighted by atomic mass is 28.4. The number of aliphatic carboxylic acids is 1. The lowest BCUT2D eigenvalue weighted by molar-refractivity contribution is -0.145. The van der Waals surface area contributed by atoms with Gasteiger partial charge in [-0.1, -0.05) is 39.0 Å². The van der Waals surface area contributed by atoms with E-state index in [-0.39, 0.29) is 5.04 Å². The summed E-state index contributed by atoms with van der Waals surface area (Å²) in [5, 5.41) is 10.6. The third-order valence-corrected chi connectivity index (χ3v) is 9.08. The minimum Gasteiger partial charge on any atom is -0.479 e. The summed E-state index contributed by atoms with van der Waals surface area (Å²) < 4.78 is 6.11. The van der Waals surface area contributed by atoms with Gasteiger partial charge in [0.05, 0.1) is 0 Å². The van der Waals surface area contributed by atoms with E-state index in [4.69, 9.17) is 4.43 Å². The number of para-hydroxylation sites is 1. The molecule has 120 valence electrons. The Morgan fingerprint density at radius 3 is 2.55 bits per heavy atom. The van der Waals surface area contributed by atoms with E-state index in [9.17, 15) is 9.90 Å². The lowest BCUT2D eigenvalue weighted by atomic mass is 10.1. The third kappa shape index (κ3) is 3.42. The number of fused-ring (bicyclic) bond motifs is 1. The van der Waals surface area contributed by atoms with Crippen molar-refractivity contribution < 1.29 is 14.3 Å². The molecule has 1 atom stereocenters. The van der Waals surface area contributed by atoms with E-state index < -0.39 is 20.4 Å². The average molecular weight is 319 g/mol. The summed E-state index contributed by atoms with van der Waals surface area (Å²) in [4.78, 5) is 14.8. The number of carboxylic acid groups (broad SMARTS) is 1. The summed E-state index contributed by atoms with van der Waals surface area (Å²) in [6.07, 6.45) is 1.46. The molecule has 0 unspecified atom stereocenters. The Hall–Kier alpha value is -1.59. The summed E-state index contributed by atoms with van der Waals surface area (Å²) in [6.45, 7) is 10.5. The number of hydrogen-bond donors (Lipinski definition) is 2. The molecule has 4 nitrogen and oxygen atoms in total. The number of aromatic nitrogens is 1. The lowest BCUT2D eigenvalue weighted by Crippen LogP contribution is -2.46. The number of H-pyrrole nitrogens is 1. The van der Waals surface area contributed by atoms with Gasteiger partial charge in [-0.3, -0.25) is 0 Å². The maximum absolute atomic E-state index is 11.7. The Bertz CT molecular complexity index is 670. The van der Waals surface area contributed by atoms with Gasteiger partial charge in [0.25, 0.3) is 0 Å². The predicted octanol–water partition coefficient (Wildman–Crippen LogP) is 4.19. The van der Waals surface area contributed by atoms with Crippen LogP contribution in [0.15, 0.2) is 30.5 Å². The van der Waals surface area contributed by atoms with Crippen molar-refractivity contribution in [1.82, 2.24) is 4.98 Å². The molecule has 1 aromatic carbocycles. The zero-order valence-corrected chi connectivity index (χ0v) is 14.9. The summed E-state index contributed by atoms with van der Waals surface area (Å²) in [5.41, 5.74) is 2.01. The first kappa shape index (κ1) is 16.8. The fourth-order valence-corrected chi connectivity index (χ4v) is 3.46. The van der Waals surface area contributed by atoms with Crippen LogP contribution in [-0.2, 0) is 15.6 Å². The maximum Gasteiger partial charge on any atom is 0.331 e. The monoisotopic (exact) mass is 319 g/mol. The number of carboxylic acids is 1. The van der Waals surface area contributed by atoms with Crippen molar-refractivity contribution in [2.75, 3.05) is 0 Å². The molecule has 0 aliphatic carbocycles. The molecule has 2 aromatic rings. The first-order valence-electron chi connectivity index (χ1n) is 7.57. The second-order valence-electron chi connectivity index (χ2n) is 7.27. The Morgan fingerprint density at radius 2 is 1.95 bits per heavy atom. The summed E-state index contributed by atoms with van der Waals surface area (Å²) >= 11 is 0. The van der Waals surface area contributed by atoms with Crippen LogP contribution in [0.3, 0.4) is 0 Å². The predicted molar refractivity (Wildman–Crippen MR) is 91.7 cm³/mol. The number of aromatic amines is 1. The Kier molecular flexibility index (Phi) is 4.49. The highest BCUT2D eigenvalue weighted by Crippen LogP contribution is 2.37. The highest BCUT2D eigenvalue weighted by molar-refractivity contribution is 6.74. The summed E-state index contributed by atoms with van der Waals surface area (Å²) in [5.74, 6) is -0.893. The minimum atomic E-state index is -2.12. The van der Waals surface area contributed by atoms with Crippen LogP contribution in [0.25, 0.3) is 10.9 Å². The van der Waals surface area contributed by atoms with Gasteiger partial charge >= 0.3 is 5.97 Å². The molecule has 0 spiro atoms. The molecule has 0 amide bonds. The van der Waals surface area contributed by atoms with Gasteiger partial charge in [-0.15, -0.1) is 0 Å². The average Bonchev–Trinajstić information content (AvgIpc) is 2.80. The molecule has 1 heterocycles. The Balaban J connectivity index is 2.25. The number of hydrogen-bond acceptors (Lipinski definition) is 2. The molecular weight excluding hydrogens is 294 g/mol. The Labute approximate surface area is 132 Å². The zero-order valence-electron chi connectivity index (χ0n) is 13.9. The third-order valence-electron chi connectivity index (χ3n) is 4.60. The Morgan fingerprint density at radius 1 is 1.32 bits per heavy atom. The standard InChI is InChI=1S/C17H25NO3Si/c1-17(2,3)22(4,5)21-15(16(19)20)10-12-11-18-14-9-7-6-8-13(12)14/h6-9,11,15,18H,10H2,1-5H3,(H,19,20)/t15-/m0/s1. The molecule has 0 saturated carbocycles. The topological polar surface area (TPSA) is 62.3 Å². The molecule has 2 N–H and O–H groups in total. The van der Waals surface area contributed by atoms with Crippen LogP contribution in [0.5, 0.6) is 0 Å². The molecule has 0 fully saturated rings. The van der Waals surface area contributed by atoms with Crippen molar-refractivity contribution in [2.24, 2.45) is 0 Å². The molecule has 0 aliphatic rings. The number of rotatable bonds is 5. The molecule has 0 bridgehead atoms. The highest BCUT2D eigenvalue weighted by Gasteiger charge is 2.40. The second-order valence-corrected chi connectivity index (χ2v) is 12.0. The van der Waals surface area contributed by atoms with Gasteiger partial charge in [-0.25, -0.2) is 4.79 Å². The van der Waals surface area contributed by atoms with Crippen LogP contribution >= 0.6 is 0 Å². The first-order chi connectivity index (χ1) is 10.1. The van der Waals surface area contributed by atoms with Crippen molar-refractivity contribution in [3.8, 4) is 0 Å². The van der Waals surface area contributed by atoms with Crippen molar-refractivity contribution in [2.45, 2.75) is 51.4 Å². The fraction of sp³-hybridized carbons (Fsp3) is 0.471. The van der Waals surface area contributed by atoms with Crippen LogP contribution in [0, 0.1) is 0 Å². The smallest absolute Gasteiger partial charge is 0.331 e. The van der Waals surface area contributed by atoms with Crippen LogP contribution in [0.2, 0.25) is 18.1 Å². The molecule has 0 saturated heterocycles.